The topological polar surface area (TPSA) is 99.0 Å². The number of rotatable bonds is 4. The summed E-state index contributed by atoms with van der Waals surface area (Å²) in [6.45, 7) is -0.504. The Morgan fingerprint density at radius 1 is 1.24 bits per heavy atom. The molecule has 2 aromatic carbocycles. The van der Waals surface area contributed by atoms with E-state index in [4.69, 9.17) is 4.74 Å². The minimum Gasteiger partial charge on any atom is -0.507 e. The Morgan fingerprint density at radius 2 is 1.96 bits per heavy atom. The number of fused-ring (bicyclic) bond motifs is 1. The minimum atomic E-state index is -0.742. The van der Waals surface area contributed by atoms with E-state index in [1.165, 1.54) is 12.1 Å². The maximum atomic E-state index is 12.8. The quantitative estimate of drug-likeness (QED) is 0.432. The molecule has 0 spiro atoms. The number of aliphatic hydroxyl groups excluding tert-OH is 1. The number of hydrogen-bond donors (Lipinski definition) is 2. The summed E-state index contributed by atoms with van der Waals surface area (Å²) in [5, 5.41) is 19.4. The number of ether oxygens (including phenoxy) is 1. The fourth-order valence-corrected chi connectivity index (χ4v) is 2.20. The summed E-state index contributed by atoms with van der Waals surface area (Å²) in [5.41, 5.74) is 1.36. The van der Waals surface area contributed by atoms with Crippen LogP contribution < -0.4 is 0 Å². The molecule has 0 amide bonds. The third kappa shape index (κ3) is 3.48. The number of nitrogens with zero attached hydrogens (tertiary/aromatic N) is 2. The Morgan fingerprint density at radius 3 is 2.64 bits per heavy atom. The number of aromatic amines is 1. The molecule has 0 saturated heterocycles. The predicted molar refractivity (Wildman–Crippen MR) is 87.9 cm³/mol. The standard InChI is InChI=1S/C18H12FN3O3/c19-12-7-5-11(6-8-12)18(24)25-10-16(23)13(9-20)17-21-14-3-1-2-4-15(14)22-17/h1-8,23H,10H2,(H,21,22)/b16-13-. The first-order valence-corrected chi connectivity index (χ1v) is 7.28. The van der Waals surface area contributed by atoms with Crippen LogP contribution in [0.4, 0.5) is 4.39 Å². The molecule has 2 N–H and O–H groups in total. The molecular formula is C18H12FN3O3. The third-order valence-electron chi connectivity index (χ3n) is 3.45. The lowest BCUT2D eigenvalue weighted by molar-refractivity contribution is 0.0502. The number of benzene rings is 2. The monoisotopic (exact) mass is 337 g/mol. The maximum absolute atomic E-state index is 12.8. The molecule has 0 aliphatic carbocycles. The molecule has 1 aromatic heterocycles. The summed E-state index contributed by atoms with van der Waals surface area (Å²) in [6.07, 6.45) is 0. The first-order valence-electron chi connectivity index (χ1n) is 7.28. The third-order valence-corrected chi connectivity index (χ3v) is 3.45. The summed E-state index contributed by atoms with van der Waals surface area (Å²) in [4.78, 5) is 19.0. The number of para-hydroxylation sites is 2. The fourth-order valence-electron chi connectivity index (χ4n) is 2.20. The molecule has 0 unspecified atom stereocenters. The van der Waals surface area contributed by atoms with Crippen molar-refractivity contribution in [1.29, 1.82) is 5.26 Å². The number of aliphatic hydroxyl groups is 1. The van der Waals surface area contributed by atoms with Gasteiger partial charge in [-0.05, 0) is 36.4 Å². The Balaban J connectivity index is 1.78. The average molecular weight is 337 g/mol. The zero-order valence-electron chi connectivity index (χ0n) is 12.9. The Labute approximate surface area is 141 Å². The number of halogens is 1. The van der Waals surface area contributed by atoms with Crippen LogP contribution in [0, 0.1) is 17.1 Å². The van der Waals surface area contributed by atoms with Gasteiger partial charge in [0.1, 0.15) is 24.1 Å². The van der Waals surface area contributed by atoms with E-state index >= 15 is 0 Å². The Bertz CT molecular complexity index is 967. The van der Waals surface area contributed by atoms with E-state index in [1.807, 2.05) is 12.1 Å². The van der Waals surface area contributed by atoms with Crippen molar-refractivity contribution < 1.29 is 19.0 Å². The lowest BCUT2D eigenvalue weighted by atomic mass is 10.2. The SMILES string of the molecule is N#C/C(=C(/O)COC(=O)c1ccc(F)cc1)c1nc2ccccc2[nH]1. The number of allylic oxidation sites excluding steroid dienone is 1. The van der Waals surface area contributed by atoms with Crippen molar-refractivity contribution in [2.45, 2.75) is 0 Å². The fraction of sp³-hybridized carbons (Fsp3) is 0.0556. The van der Waals surface area contributed by atoms with Crippen molar-refractivity contribution in [3.63, 3.8) is 0 Å². The molecular weight excluding hydrogens is 325 g/mol. The van der Waals surface area contributed by atoms with Crippen molar-refractivity contribution in [3.05, 3.63) is 71.5 Å². The number of hydrogen-bond acceptors (Lipinski definition) is 5. The second-order valence-electron chi connectivity index (χ2n) is 5.12. The van der Waals surface area contributed by atoms with Gasteiger partial charge in [-0.3, -0.25) is 0 Å². The number of H-pyrrole nitrogens is 1. The smallest absolute Gasteiger partial charge is 0.338 e. The van der Waals surface area contributed by atoms with Crippen molar-refractivity contribution in [2.75, 3.05) is 6.61 Å². The van der Waals surface area contributed by atoms with E-state index in [0.29, 0.717) is 11.0 Å². The minimum absolute atomic E-state index is 0.122. The van der Waals surface area contributed by atoms with E-state index in [1.54, 1.807) is 18.2 Å². The van der Waals surface area contributed by atoms with Crippen LogP contribution in [0.1, 0.15) is 16.2 Å². The first kappa shape index (κ1) is 16.2. The van der Waals surface area contributed by atoms with Crippen molar-refractivity contribution in [3.8, 4) is 6.07 Å². The molecule has 25 heavy (non-hydrogen) atoms. The van der Waals surface area contributed by atoms with Crippen molar-refractivity contribution in [1.82, 2.24) is 9.97 Å². The van der Waals surface area contributed by atoms with Crippen LogP contribution in [0.25, 0.3) is 16.6 Å². The van der Waals surface area contributed by atoms with E-state index < -0.39 is 24.2 Å². The summed E-state index contributed by atoms with van der Waals surface area (Å²) < 4.78 is 17.8. The molecule has 3 rings (SSSR count). The van der Waals surface area contributed by atoms with Crippen molar-refractivity contribution >= 4 is 22.6 Å². The number of nitrogens with one attached hydrogen (secondary N) is 1. The number of nitriles is 1. The lowest BCUT2D eigenvalue weighted by Gasteiger charge is -2.05. The normalized spacial score (nSPS) is 11.7. The van der Waals surface area contributed by atoms with Gasteiger partial charge in [-0.15, -0.1) is 0 Å². The molecule has 7 heteroatoms. The largest absolute Gasteiger partial charge is 0.507 e. The van der Waals surface area contributed by atoms with Gasteiger partial charge in [0.05, 0.1) is 16.6 Å². The van der Waals surface area contributed by atoms with Crippen LogP contribution in [0.5, 0.6) is 0 Å². The highest BCUT2D eigenvalue weighted by atomic mass is 19.1. The molecule has 0 fully saturated rings. The number of carbonyl (C=O) groups excluding carboxylic acids is 1. The van der Waals surface area contributed by atoms with Gasteiger partial charge in [-0.2, -0.15) is 5.26 Å². The number of carbonyl (C=O) groups is 1. The summed E-state index contributed by atoms with van der Waals surface area (Å²) >= 11 is 0. The van der Waals surface area contributed by atoms with Crippen molar-refractivity contribution in [2.24, 2.45) is 0 Å². The second kappa shape index (κ2) is 6.84. The highest BCUT2D eigenvalue weighted by molar-refractivity contribution is 5.89. The number of aromatic nitrogens is 2. The van der Waals surface area contributed by atoms with Gasteiger partial charge < -0.3 is 14.8 Å². The van der Waals surface area contributed by atoms with Gasteiger partial charge in [0, 0.05) is 0 Å². The predicted octanol–water partition coefficient (Wildman–Crippen LogP) is 3.35. The second-order valence-corrected chi connectivity index (χ2v) is 5.12. The van der Waals surface area contributed by atoms with Crippen LogP contribution in [-0.2, 0) is 4.74 Å². The zero-order chi connectivity index (χ0) is 17.8. The van der Waals surface area contributed by atoms with Gasteiger partial charge in [0.25, 0.3) is 0 Å². The van der Waals surface area contributed by atoms with Gasteiger partial charge in [-0.1, -0.05) is 12.1 Å². The van der Waals surface area contributed by atoms with Gasteiger partial charge in [0.15, 0.2) is 11.6 Å². The molecule has 1 heterocycles. The van der Waals surface area contributed by atoms with Crippen LogP contribution in [0.2, 0.25) is 0 Å². The van der Waals surface area contributed by atoms with E-state index in [9.17, 15) is 19.6 Å². The molecule has 6 nitrogen and oxygen atoms in total. The summed E-state index contributed by atoms with van der Waals surface area (Å²) in [7, 11) is 0. The Hall–Kier alpha value is -3.66. The molecule has 124 valence electrons. The first-order chi connectivity index (χ1) is 12.1. The van der Waals surface area contributed by atoms with E-state index in [2.05, 4.69) is 9.97 Å². The summed E-state index contributed by atoms with van der Waals surface area (Å²) in [5.74, 6) is -1.47. The molecule has 0 aliphatic rings. The van der Waals surface area contributed by atoms with E-state index in [-0.39, 0.29) is 17.0 Å². The number of imidazole rings is 1. The summed E-state index contributed by atoms with van der Waals surface area (Å²) in [6, 6.07) is 13.8. The number of esters is 1. The highest BCUT2D eigenvalue weighted by Gasteiger charge is 2.15. The lowest BCUT2D eigenvalue weighted by Crippen LogP contribution is -2.09. The molecule has 0 bridgehead atoms. The maximum Gasteiger partial charge on any atom is 0.338 e. The van der Waals surface area contributed by atoms with Gasteiger partial charge in [0.2, 0.25) is 0 Å². The van der Waals surface area contributed by atoms with Crippen LogP contribution in [0.3, 0.4) is 0 Å². The molecule has 0 atom stereocenters. The Kier molecular flexibility index (Phi) is 4.44. The van der Waals surface area contributed by atoms with Crippen LogP contribution in [-0.4, -0.2) is 27.7 Å². The van der Waals surface area contributed by atoms with Gasteiger partial charge in [-0.25, -0.2) is 14.2 Å². The van der Waals surface area contributed by atoms with Gasteiger partial charge >= 0.3 is 5.97 Å². The average Bonchev–Trinajstić information content (AvgIpc) is 3.04. The molecule has 0 radical (unpaired) electrons. The van der Waals surface area contributed by atoms with Crippen LogP contribution >= 0.6 is 0 Å². The molecule has 3 aromatic rings. The zero-order valence-corrected chi connectivity index (χ0v) is 12.9. The van der Waals surface area contributed by atoms with E-state index in [0.717, 1.165) is 12.1 Å². The molecule has 0 aliphatic heterocycles. The van der Waals surface area contributed by atoms with Crippen LogP contribution in [0.15, 0.2) is 54.3 Å². The highest BCUT2D eigenvalue weighted by Crippen LogP contribution is 2.19. The molecule has 0 saturated carbocycles.